The highest BCUT2D eigenvalue weighted by atomic mass is 16.5. The molecule has 0 aliphatic heterocycles. The maximum atomic E-state index is 11.7. The van der Waals surface area contributed by atoms with Gasteiger partial charge in [0.25, 0.3) is 0 Å². The van der Waals surface area contributed by atoms with Crippen molar-refractivity contribution in [3.63, 3.8) is 0 Å². The standard InChI is InChI=1S/C15H22N2O2/c1-2-10-3-5-12(6-4-10)15-16-14(19-17-15)9-13(18)11-7-8-11/h10-12H,2-9H2,1H3. The highest BCUT2D eigenvalue weighted by molar-refractivity contribution is 5.84. The van der Waals surface area contributed by atoms with Crippen LogP contribution in [0.15, 0.2) is 4.52 Å². The van der Waals surface area contributed by atoms with Crippen LogP contribution in [0.2, 0.25) is 0 Å². The van der Waals surface area contributed by atoms with Crippen molar-refractivity contribution in [1.82, 2.24) is 10.1 Å². The van der Waals surface area contributed by atoms with E-state index in [1.165, 1.54) is 19.3 Å². The molecular weight excluding hydrogens is 240 g/mol. The molecule has 0 atom stereocenters. The number of carbonyl (C=O) groups excluding carboxylic acids is 1. The van der Waals surface area contributed by atoms with Gasteiger partial charge >= 0.3 is 0 Å². The Balaban J connectivity index is 1.57. The van der Waals surface area contributed by atoms with Crippen LogP contribution in [0, 0.1) is 11.8 Å². The van der Waals surface area contributed by atoms with Crippen molar-refractivity contribution in [2.45, 2.75) is 64.2 Å². The van der Waals surface area contributed by atoms with Crippen LogP contribution >= 0.6 is 0 Å². The molecule has 2 aliphatic carbocycles. The second kappa shape index (κ2) is 5.43. The first-order valence-corrected chi connectivity index (χ1v) is 7.61. The third kappa shape index (κ3) is 3.04. The predicted molar refractivity (Wildman–Crippen MR) is 70.7 cm³/mol. The molecule has 4 nitrogen and oxygen atoms in total. The van der Waals surface area contributed by atoms with Crippen molar-refractivity contribution in [2.24, 2.45) is 11.8 Å². The molecule has 0 unspecified atom stereocenters. The Kier molecular flexibility index (Phi) is 3.67. The lowest BCUT2D eigenvalue weighted by Crippen LogP contribution is -2.13. The van der Waals surface area contributed by atoms with Crippen molar-refractivity contribution >= 4 is 5.78 Å². The Bertz CT molecular complexity index is 443. The number of carbonyl (C=O) groups is 1. The zero-order valence-electron chi connectivity index (χ0n) is 11.6. The van der Waals surface area contributed by atoms with Crippen LogP contribution in [-0.4, -0.2) is 15.9 Å². The summed E-state index contributed by atoms with van der Waals surface area (Å²) in [6, 6.07) is 0. The van der Waals surface area contributed by atoms with Crippen molar-refractivity contribution in [3.05, 3.63) is 11.7 Å². The van der Waals surface area contributed by atoms with Gasteiger partial charge in [-0.3, -0.25) is 4.79 Å². The number of ketones is 1. The number of rotatable bonds is 5. The molecular formula is C15H22N2O2. The molecule has 0 aromatic carbocycles. The van der Waals surface area contributed by atoms with E-state index in [0.29, 0.717) is 18.2 Å². The number of Topliss-reactive ketones (excluding diaryl/α,β-unsaturated/α-hetero) is 1. The molecule has 2 saturated carbocycles. The first-order chi connectivity index (χ1) is 9.26. The molecule has 0 spiro atoms. The summed E-state index contributed by atoms with van der Waals surface area (Å²) in [7, 11) is 0. The van der Waals surface area contributed by atoms with Gasteiger partial charge < -0.3 is 4.52 Å². The summed E-state index contributed by atoms with van der Waals surface area (Å²) in [5, 5.41) is 4.09. The Labute approximate surface area is 114 Å². The molecule has 1 aromatic rings. The minimum absolute atomic E-state index is 0.268. The van der Waals surface area contributed by atoms with E-state index in [2.05, 4.69) is 17.1 Å². The lowest BCUT2D eigenvalue weighted by atomic mass is 9.80. The number of hydrogen-bond acceptors (Lipinski definition) is 4. The third-order valence-electron chi connectivity index (χ3n) is 4.63. The maximum Gasteiger partial charge on any atom is 0.234 e. The topological polar surface area (TPSA) is 56.0 Å². The summed E-state index contributed by atoms with van der Waals surface area (Å²) >= 11 is 0. The number of aromatic nitrogens is 2. The zero-order chi connectivity index (χ0) is 13.2. The summed E-state index contributed by atoms with van der Waals surface area (Å²) in [4.78, 5) is 16.2. The average molecular weight is 262 g/mol. The van der Waals surface area contributed by atoms with Crippen molar-refractivity contribution in [2.75, 3.05) is 0 Å². The van der Waals surface area contributed by atoms with E-state index < -0.39 is 0 Å². The SMILES string of the molecule is CCC1CCC(c2noc(CC(=O)C3CC3)n2)CC1. The molecule has 4 heteroatoms. The Morgan fingerprint density at radius 2 is 1.95 bits per heavy atom. The highest BCUT2D eigenvalue weighted by Gasteiger charge is 2.31. The predicted octanol–water partition coefficient (Wildman–Crippen LogP) is 3.28. The summed E-state index contributed by atoms with van der Waals surface area (Å²) < 4.78 is 5.24. The molecule has 3 rings (SSSR count). The second-order valence-electron chi connectivity index (χ2n) is 6.09. The fourth-order valence-corrected chi connectivity index (χ4v) is 3.03. The van der Waals surface area contributed by atoms with Gasteiger partial charge in [0.1, 0.15) is 5.78 Å². The molecule has 0 bridgehead atoms. The first kappa shape index (κ1) is 12.8. The van der Waals surface area contributed by atoms with E-state index in [4.69, 9.17) is 4.52 Å². The lowest BCUT2D eigenvalue weighted by molar-refractivity contribution is -0.119. The van der Waals surface area contributed by atoms with Crippen molar-refractivity contribution in [1.29, 1.82) is 0 Å². The fourth-order valence-electron chi connectivity index (χ4n) is 3.03. The van der Waals surface area contributed by atoms with Crippen LogP contribution in [0.1, 0.15) is 69.5 Å². The second-order valence-corrected chi connectivity index (χ2v) is 6.09. The van der Waals surface area contributed by atoms with Crippen LogP contribution in [0.5, 0.6) is 0 Å². The van der Waals surface area contributed by atoms with Gasteiger partial charge in [-0.2, -0.15) is 4.98 Å². The van der Waals surface area contributed by atoms with Crippen LogP contribution < -0.4 is 0 Å². The molecule has 0 amide bonds. The molecule has 0 N–H and O–H groups in total. The Morgan fingerprint density at radius 3 is 2.58 bits per heavy atom. The number of hydrogen-bond donors (Lipinski definition) is 0. The smallest absolute Gasteiger partial charge is 0.234 e. The average Bonchev–Trinajstić information content (AvgIpc) is 3.20. The van der Waals surface area contributed by atoms with Crippen LogP contribution in [0.25, 0.3) is 0 Å². The normalized spacial score (nSPS) is 27.4. The quantitative estimate of drug-likeness (QED) is 0.817. The van der Waals surface area contributed by atoms with E-state index in [1.807, 2.05) is 0 Å². The van der Waals surface area contributed by atoms with Gasteiger partial charge in [0.15, 0.2) is 5.82 Å². The van der Waals surface area contributed by atoms with Gasteiger partial charge in [-0.05, 0) is 44.4 Å². The molecule has 1 aromatic heterocycles. The van der Waals surface area contributed by atoms with Gasteiger partial charge in [0.05, 0.1) is 6.42 Å². The monoisotopic (exact) mass is 262 g/mol. The molecule has 0 radical (unpaired) electrons. The van der Waals surface area contributed by atoms with Gasteiger partial charge in [-0.1, -0.05) is 18.5 Å². The molecule has 104 valence electrons. The minimum atomic E-state index is 0.268. The van der Waals surface area contributed by atoms with Crippen molar-refractivity contribution < 1.29 is 9.32 Å². The van der Waals surface area contributed by atoms with E-state index in [-0.39, 0.29) is 11.7 Å². The maximum absolute atomic E-state index is 11.7. The van der Waals surface area contributed by atoms with Crippen LogP contribution in [0.4, 0.5) is 0 Å². The van der Waals surface area contributed by atoms with Crippen molar-refractivity contribution in [3.8, 4) is 0 Å². The van der Waals surface area contributed by atoms with Crippen LogP contribution in [0.3, 0.4) is 0 Å². The van der Waals surface area contributed by atoms with Gasteiger partial charge in [0.2, 0.25) is 5.89 Å². The molecule has 1 heterocycles. The molecule has 2 fully saturated rings. The summed E-state index contributed by atoms with van der Waals surface area (Å²) in [5.41, 5.74) is 0. The summed E-state index contributed by atoms with van der Waals surface area (Å²) in [5.74, 6) is 3.20. The summed E-state index contributed by atoms with van der Waals surface area (Å²) in [6.45, 7) is 2.26. The summed E-state index contributed by atoms with van der Waals surface area (Å²) in [6.07, 6.45) is 8.56. The molecule has 19 heavy (non-hydrogen) atoms. The fraction of sp³-hybridized carbons (Fsp3) is 0.800. The zero-order valence-corrected chi connectivity index (χ0v) is 11.6. The largest absolute Gasteiger partial charge is 0.339 e. The van der Waals surface area contributed by atoms with E-state index in [9.17, 15) is 4.79 Å². The number of nitrogens with zero attached hydrogens (tertiary/aromatic N) is 2. The molecule has 2 aliphatic rings. The van der Waals surface area contributed by atoms with E-state index in [1.54, 1.807) is 0 Å². The van der Waals surface area contributed by atoms with Crippen LogP contribution in [-0.2, 0) is 11.2 Å². The Morgan fingerprint density at radius 1 is 1.21 bits per heavy atom. The van der Waals surface area contributed by atoms with Gasteiger partial charge in [-0.25, -0.2) is 0 Å². The molecule has 0 saturated heterocycles. The van der Waals surface area contributed by atoms with E-state index >= 15 is 0 Å². The minimum Gasteiger partial charge on any atom is -0.339 e. The van der Waals surface area contributed by atoms with Gasteiger partial charge in [0, 0.05) is 11.8 Å². The van der Waals surface area contributed by atoms with E-state index in [0.717, 1.165) is 37.4 Å². The Hall–Kier alpha value is -1.19. The lowest BCUT2D eigenvalue weighted by Gasteiger charge is -2.25. The third-order valence-corrected chi connectivity index (χ3v) is 4.63. The van der Waals surface area contributed by atoms with Gasteiger partial charge in [-0.15, -0.1) is 0 Å². The highest BCUT2D eigenvalue weighted by Crippen LogP contribution is 2.36. The first-order valence-electron chi connectivity index (χ1n) is 7.61.